The van der Waals surface area contributed by atoms with Gasteiger partial charge in [0.25, 0.3) is 0 Å². The van der Waals surface area contributed by atoms with Crippen LogP contribution >= 0.6 is 0 Å². The van der Waals surface area contributed by atoms with Gasteiger partial charge in [-0.25, -0.2) is 8.78 Å². The number of nitrogens with zero attached hydrogens (tertiary/aromatic N) is 1. The second-order valence-electron chi connectivity index (χ2n) is 5.79. The van der Waals surface area contributed by atoms with Crippen molar-refractivity contribution in [3.8, 4) is 5.75 Å². The van der Waals surface area contributed by atoms with Gasteiger partial charge in [-0.3, -0.25) is 14.5 Å². The van der Waals surface area contributed by atoms with Crippen molar-refractivity contribution in [1.82, 2.24) is 4.90 Å². The number of halogens is 2. The van der Waals surface area contributed by atoms with Crippen LogP contribution in [0.2, 0.25) is 0 Å². The van der Waals surface area contributed by atoms with Gasteiger partial charge in [0.2, 0.25) is 11.8 Å². The fourth-order valence-electron chi connectivity index (χ4n) is 2.39. The first-order valence-electron chi connectivity index (χ1n) is 8.31. The minimum Gasteiger partial charge on any atom is -0.497 e. The topological polar surface area (TPSA) is 70.7 Å². The molecule has 0 aromatic heterocycles. The van der Waals surface area contributed by atoms with Crippen molar-refractivity contribution in [3.63, 3.8) is 0 Å². The van der Waals surface area contributed by atoms with Crippen molar-refractivity contribution in [3.05, 3.63) is 54.1 Å². The Morgan fingerprint density at radius 3 is 1.93 bits per heavy atom. The zero-order chi connectivity index (χ0) is 19.8. The number of ether oxygens (including phenoxy) is 1. The fraction of sp³-hybridized carbons (Fsp3) is 0.263. The number of nitrogens with one attached hydrogen (secondary N) is 2. The average Bonchev–Trinajstić information content (AvgIpc) is 2.60. The number of methoxy groups -OCH3 is 1. The third-order valence-corrected chi connectivity index (χ3v) is 3.70. The Hall–Kier alpha value is -3.00. The van der Waals surface area contributed by atoms with Crippen LogP contribution in [0.15, 0.2) is 42.5 Å². The summed E-state index contributed by atoms with van der Waals surface area (Å²) < 4.78 is 31.4. The molecule has 0 fully saturated rings. The highest BCUT2D eigenvalue weighted by Gasteiger charge is 2.14. The molecule has 0 heterocycles. The molecule has 2 amide bonds. The second kappa shape index (κ2) is 9.63. The molecule has 0 aliphatic carbocycles. The Morgan fingerprint density at radius 1 is 0.926 bits per heavy atom. The SMILES string of the molecule is CCN(CC(=O)Nc1ccc(OC)cc1)CC(=O)Nc1cc(F)cc(F)c1. The number of rotatable bonds is 8. The quantitative estimate of drug-likeness (QED) is 0.742. The normalized spacial score (nSPS) is 10.6. The van der Waals surface area contributed by atoms with Crippen molar-refractivity contribution in [2.24, 2.45) is 0 Å². The van der Waals surface area contributed by atoms with E-state index in [2.05, 4.69) is 10.6 Å². The minimum atomic E-state index is -0.781. The molecule has 8 heteroatoms. The summed E-state index contributed by atoms with van der Waals surface area (Å²) in [5, 5.41) is 5.15. The van der Waals surface area contributed by atoms with Crippen LogP contribution in [-0.2, 0) is 9.59 Å². The number of hydrogen-bond donors (Lipinski definition) is 2. The zero-order valence-electron chi connectivity index (χ0n) is 15.1. The van der Waals surface area contributed by atoms with Crippen LogP contribution in [0, 0.1) is 11.6 Å². The van der Waals surface area contributed by atoms with Gasteiger partial charge >= 0.3 is 0 Å². The van der Waals surface area contributed by atoms with E-state index in [1.54, 1.807) is 43.2 Å². The number of amides is 2. The van der Waals surface area contributed by atoms with Gasteiger partial charge < -0.3 is 15.4 Å². The lowest BCUT2D eigenvalue weighted by molar-refractivity contribution is -0.119. The molecule has 2 rings (SSSR count). The minimum absolute atomic E-state index is 0.00649. The van der Waals surface area contributed by atoms with Crippen molar-refractivity contribution < 1.29 is 23.1 Å². The fourth-order valence-corrected chi connectivity index (χ4v) is 2.39. The molecule has 0 saturated heterocycles. The molecule has 2 N–H and O–H groups in total. The third-order valence-electron chi connectivity index (χ3n) is 3.70. The molecule has 144 valence electrons. The van der Waals surface area contributed by atoms with Crippen molar-refractivity contribution >= 4 is 23.2 Å². The van der Waals surface area contributed by atoms with E-state index in [1.165, 1.54) is 0 Å². The van der Waals surface area contributed by atoms with Crippen LogP contribution in [0.3, 0.4) is 0 Å². The van der Waals surface area contributed by atoms with E-state index in [0.29, 0.717) is 18.0 Å². The van der Waals surface area contributed by atoms with Gasteiger partial charge in [0.15, 0.2) is 0 Å². The smallest absolute Gasteiger partial charge is 0.238 e. The number of benzene rings is 2. The predicted molar refractivity (Wildman–Crippen MR) is 98.7 cm³/mol. The zero-order valence-corrected chi connectivity index (χ0v) is 15.1. The van der Waals surface area contributed by atoms with Crippen LogP contribution in [-0.4, -0.2) is 43.5 Å². The van der Waals surface area contributed by atoms with Crippen LogP contribution in [0.4, 0.5) is 20.2 Å². The summed E-state index contributed by atoms with van der Waals surface area (Å²) in [5.41, 5.74) is 0.632. The molecule has 0 radical (unpaired) electrons. The lowest BCUT2D eigenvalue weighted by Crippen LogP contribution is -2.38. The number of carbonyl (C=O) groups is 2. The Bertz CT molecular complexity index is 777. The first-order valence-corrected chi connectivity index (χ1v) is 8.31. The van der Waals surface area contributed by atoms with Crippen molar-refractivity contribution in [1.29, 1.82) is 0 Å². The maximum atomic E-state index is 13.2. The van der Waals surface area contributed by atoms with E-state index in [1.807, 2.05) is 0 Å². The summed E-state index contributed by atoms with van der Waals surface area (Å²) in [6, 6.07) is 9.62. The molecule has 0 aliphatic heterocycles. The molecule has 0 atom stereocenters. The van der Waals surface area contributed by atoms with Crippen LogP contribution in [0.1, 0.15) is 6.92 Å². The van der Waals surface area contributed by atoms with Crippen LogP contribution in [0.5, 0.6) is 5.75 Å². The standard InChI is InChI=1S/C19H21F2N3O3/c1-3-24(11-18(25)22-15-4-6-17(27-2)7-5-15)12-19(26)23-16-9-13(20)8-14(21)10-16/h4-10H,3,11-12H2,1-2H3,(H,22,25)(H,23,26). The van der Waals surface area contributed by atoms with Crippen LogP contribution in [0.25, 0.3) is 0 Å². The highest BCUT2D eigenvalue weighted by atomic mass is 19.1. The first-order chi connectivity index (χ1) is 12.9. The summed E-state index contributed by atoms with van der Waals surface area (Å²) in [5.74, 6) is -1.65. The number of carbonyl (C=O) groups excluding carboxylic acids is 2. The monoisotopic (exact) mass is 377 g/mol. The molecular formula is C19H21F2N3O3. The maximum absolute atomic E-state index is 13.2. The van der Waals surface area contributed by atoms with E-state index < -0.39 is 17.5 Å². The Kier molecular flexibility index (Phi) is 7.25. The average molecular weight is 377 g/mol. The summed E-state index contributed by atoms with van der Waals surface area (Å²) in [4.78, 5) is 25.8. The highest BCUT2D eigenvalue weighted by molar-refractivity contribution is 5.94. The Balaban J connectivity index is 1.87. The Morgan fingerprint density at radius 2 is 1.44 bits per heavy atom. The van der Waals surface area contributed by atoms with Crippen molar-refractivity contribution in [2.45, 2.75) is 6.92 Å². The predicted octanol–water partition coefficient (Wildman–Crippen LogP) is 2.87. The maximum Gasteiger partial charge on any atom is 0.238 e. The lowest BCUT2D eigenvalue weighted by Gasteiger charge is -2.19. The van der Waals surface area contributed by atoms with Gasteiger partial charge in [-0.05, 0) is 42.9 Å². The van der Waals surface area contributed by atoms with Gasteiger partial charge in [-0.1, -0.05) is 6.92 Å². The molecule has 2 aromatic carbocycles. The van der Waals surface area contributed by atoms with Gasteiger partial charge in [0.05, 0.1) is 20.2 Å². The molecule has 27 heavy (non-hydrogen) atoms. The molecule has 2 aromatic rings. The van der Waals surface area contributed by atoms with E-state index in [0.717, 1.165) is 18.2 Å². The van der Waals surface area contributed by atoms with Gasteiger partial charge in [-0.15, -0.1) is 0 Å². The molecule has 0 unspecified atom stereocenters. The first kappa shape index (κ1) is 20.3. The van der Waals surface area contributed by atoms with Gasteiger partial charge in [-0.2, -0.15) is 0 Å². The second-order valence-corrected chi connectivity index (χ2v) is 5.79. The number of likely N-dealkylation sites (N-methyl/N-ethyl adjacent to an activating group) is 1. The van der Waals surface area contributed by atoms with Crippen LogP contribution < -0.4 is 15.4 Å². The molecule has 0 bridgehead atoms. The molecule has 0 spiro atoms. The van der Waals surface area contributed by atoms with E-state index in [9.17, 15) is 18.4 Å². The third kappa shape index (κ3) is 6.67. The summed E-state index contributed by atoms with van der Waals surface area (Å²) >= 11 is 0. The number of hydrogen-bond acceptors (Lipinski definition) is 4. The van der Waals surface area contributed by atoms with Gasteiger partial charge in [0.1, 0.15) is 17.4 Å². The highest BCUT2D eigenvalue weighted by Crippen LogP contribution is 2.15. The summed E-state index contributed by atoms with van der Waals surface area (Å²) in [6.45, 7) is 2.15. The summed E-state index contributed by atoms with van der Waals surface area (Å²) in [6.07, 6.45) is 0. The summed E-state index contributed by atoms with van der Waals surface area (Å²) in [7, 11) is 1.55. The molecular weight excluding hydrogens is 356 g/mol. The molecule has 0 aliphatic rings. The van der Waals surface area contributed by atoms with Crippen molar-refractivity contribution in [2.75, 3.05) is 37.4 Å². The van der Waals surface area contributed by atoms with E-state index >= 15 is 0 Å². The number of anilines is 2. The van der Waals surface area contributed by atoms with E-state index in [-0.39, 0.29) is 24.7 Å². The Labute approximate surface area is 156 Å². The molecule has 6 nitrogen and oxygen atoms in total. The van der Waals surface area contributed by atoms with Gasteiger partial charge in [0, 0.05) is 17.4 Å². The lowest BCUT2D eigenvalue weighted by atomic mass is 10.3. The largest absolute Gasteiger partial charge is 0.497 e. The molecule has 0 saturated carbocycles. The van der Waals surface area contributed by atoms with E-state index in [4.69, 9.17) is 4.74 Å².